The molecule has 0 spiro atoms. The largest absolute Gasteiger partial charge is 0.385 e. The van der Waals surface area contributed by atoms with Gasteiger partial charge in [-0.1, -0.05) is 97.1 Å². The summed E-state index contributed by atoms with van der Waals surface area (Å²) in [6.45, 7) is 3.90. The molecule has 0 aromatic heterocycles. The van der Waals surface area contributed by atoms with Crippen LogP contribution < -0.4 is 0 Å². The monoisotopic (exact) mass is 372 g/mol. The summed E-state index contributed by atoms with van der Waals surface area (Å²) in [5.74, 6) is 0. The van der Waals surface area contributed by atoms with E-state index >= 15 is 0 Å². The van der Waals surface area contributed by atoms with Crippen molar-refractivity contribution in [2.45, 2.75) is 37.6 Å². The fourth-order valence-corrected chi connectivity index (χ4v) is 3.41. The van der Waals surface area contributed by atoms with E-state index in [0.717, 1.165) is 30.4 Å². The van der Waals surface area contributed by atoms with Crippen LogP contribution in [0.1, 0.15) is 41.7 Å². The maximum absolute atomic E-state index is 11.1. The van der Waals surface area contributed by atoms with Gasteiger partial charge in [0, 0.05) is 0 Å². The Bertz CT molecular complexity index is 815. The molecule has 3 atom stereocenters. The first-order chi connectivity index (χ1) is 13.8. The van der Waals surface area contributed by atoms with Gasteiger partial charge in [-0.25, -0.2) is 0 Å². The van der Waals surface area contributed by atoms with E-state index in [0.29, 0.717) is 0 Å². The molecule has 3 aromatic carbocycles. The molecule has 1 N–H and O–H groups in total. The van der Waals surface area contributed by atoms with Crippen LogP contribution in [0, 0.1) is 0 Å². The molecular formula is C26H28O2. The molecule has 0 radical (unpaired) electrons. The lowest BCUT2D eigenvalue weighted by Gasteiger charge is -2.29. The number of aliphatic hydroxyl groups excluding tert-OH is 1. The molecule has 2 heteroatoms. The summed E-state index contributed by atoms with van der Waals surface area (Å²) in [4.78, 5) is 0. The third-order valence-corrected chi connectivity index (χ3v) is 4.92. The first-order valence-corrected chi connectivity index (χ1v) is 9.86. The summed E-state index contributed by atoms with van der Waals surface area (Å²) in [5, 5.41) is 11.1. The molecule has 0 aliphatic heterocycles. The Kier molecular flexibility index (Phi) is 7.60. The number of ether oxygens (including phenoxy) is 1. The van der Waals surface area contributed by atoms with Crippen LogP contribution in [0.4, 0.5) is 0 Å². The molecule has 0 amide bonds. The third kappa shape index (κ3) is 5.66. The van der Waals surface area contributed by atoms with Crippen LogP contribution in [0.5, 0.6) is 0 Å². The van der Waals surface area contributed by atoms with Gasteiger partial charge in [-0.05, 0) is 36.0 Å². The smallest absolute Gasteiger partial charge is 0.113 e. The van der Waals surface area contributed by atoms with Crippen molar-refractivity contribution in [1.29, 1.82) is 0 Å². The molecule has 2 nitrogen and oxygen atoms in total. The van der Waals surface area contributed by atoms with Gasteiger partial charge in [0.05, 0.1) is 6.10 Å². The van der Waals surface area contributed by atoms with E-state index < -0.39 is 12.2 Å². The van der Waals surface area contributed by atoms with E-state index in [1.54, 1.807) is 0 Å². The van der Waals surface area contributed by atoms with Crippen molar-refractivity contribution in [3.63, 3.8) is 0 Å². The lowest BCUT2D eigenvalue weighted by molar-refractivity contribution is -0.0824. The van der Waals surface area contributed by atoms with Crippen LogP contribution in [-0.2, 0) is 11.2 Å². The summed E-state index contributed by atoms with van der Waals surface area (Å²) in [6.07, 6.45) is 3.28. The third-order valence-electron chi connectivity index (χ3n) is 4.92. The maximum atomic E-state index is 11.1. The minimum atomic E-state index is -0.729. The summed E-state index contributed by atoms with van der Waals surface area (Å²) in [5.41, 5.74) is 3.13. The zero-order valence-electron chi connectivity index (χ0n) is 16.2. The van der Waals surface area contributed by atoms with E-state index in [1.165, 1.54) is 5.56 Å². The van der Waals surface area contributed by atoms with Crippen LogP contribution in [0.25, 0.3) is 0 Å². The Labute approximate surface area is 168 Å². The molecule has 0 saturated carbocycles. The molecule has 0 aliphatic rings. The van der Waals surface area contributed by atoms with Crippen molar-refractivity contribution < 1.29 is 9.84 Å². The second-order valence-corrected chi connectivity index (χ2v) is 6.99. The van der Waals surface area contributed by atoms with Gasteiger partial charge in [0.25, 0.3) is 0 Å². The van der Waals surface area contributed by atoms with Gasteiger partial charge in [-0.15, -0.1) is 6.58 Å². The van der Waals surface area contributed by atoms with Crippen LogP contribution in [0.3, 0.4) is 0 Å². The lowest BCUT2D eigenvalue weighted by atomic mass is 9.97. The highest BCUT2D eigenvalue weighted by Crippen LogP contribution is 2.34. The van der Waals surface area contributed by atoms with E-state index in [-0.39, 0.29) is 6.10 Å². The summed E-state index contributed by atoms with van der Waals surface area (Å²) in [6, 6.07) is 30.1. The van der Waals surface area contributed by atoms with Gasteiger partial charge in [0.1, 0.15) is 12.2 Å². The Morgan fingerprint density at radius 3 is 1.89 bits per heavy atom. The molecule has 0 fully saturated rings. The van der Waals surface area contributed by atoms with Crippen LogP contribution in [-0.4, -0.2) is 11.2 Å². The first-order valence-electron chi connectivity index (χ1n) is 9.86. The average Bonchev–Trinajstić information content (AvgIpc) is 2.77. The molecule has 0 aliphatic carbocycles. The molecule has 144 valence electrons. The summed E-state index contributed by atoms with van der Waals surface area (Å²) >= 11 is 0. The average molecular weight is 373 g/mol. The van der Waals surface area contributed by atoms with Crippen LogP contribution in [0.2, 0.25) is 0 Å². The minimum absolute atomic E-state index is 0.0127. The number of aryl methyl sites for hydroxylation is 1. The highest BCUT2D eigenvalue weighted by atomic mass is 16.5. The fraction of sp³-hybridized carbons (Fsp3) is 0.231. The van der Waals surface area contributed by atoms with Crippen molar-refractivity contribution in [2.75, 3.05) is 0 Å². The van der Waals surface area contributed by atoms with Gasteiger partial charge in [-0.2, -0.15) is 0 Å². The normalized spacial score (nSPS) is 14.2. The van der Waals surface area contributed by atoms with E-state index in [1.807, 2.05) is 72.8 Å². The SMILES string of the molecule is C=CCC(CCc1ccccc1)O[C@H](c1ccccc1)[C@H](O)c1ccccc1. The van der Waals surface area contributed by atoms with E-state index in [9.17, 15) is 5.11 Å². The van der Waals surface area contributed by atoms with Crippen molar-refractivity contribution in [3.05, 3.63) is 120 Å². The summed E-state index contributed by atoms with van der Waals surface area (Å²) < 4.78 is 6.49. The van der Waals surface area contributed by atoms with Crippen LogP contribution >= 0.6 is 0 Å². The predicted octanol–water partition coefficient (Wildman–Crippen LogP) is 6.06. The molecule has 0 bridgehead atoms. The standard InChI is InChI=1S/C26H28O2/c1-2-12-24(20-19-21-13-6-3-7-14-21)28-26(23-17-10-5-11-18-23)25(27)22-15-8-4-9-16-22/h2-11,13-18,24-27H,1,12,19-20H2/t24?,25-,26-/m1/s1. The van der Waals surface area contributed by atoms with Gasteiger partial charge in [0.2, 0.25) is 0 Å². The first kappa shape index (κ1) is 20.1. The second-order valence-electron chi connectivity index (χ2n) is 6.99. The van der Waals surface area contributed by atoms with E-state index in [2.05, 4.69) is 30.8 Å². The van der Waals surface area contributed by atoms with E-state index in [4.69, 9.17) is 4.74 Å². The van der Waals surface area contributed by atoms with Gasteiger partial charge in [0.15, 0.2) is 0 Å². The number of aliphatic hydroxyl groups is 1. The Hall–Kier alpha value is -2.68. The Balaban J connectivity index is 1.78. The molecule has 0 saturated heterocycles. The number of hydrogen-bond donors (Lipinski definition) is 1. The number of hydrogen-bond acceptors (Lipinski definition) is 2. The van der Waals surface area contributed by atoms with Crippen molar-refractivity contribution in [2.24, 2.45) is 0 Å². The van der Waals surface area contributed by atoms with Crippen molar-refractivity contribution >= 4 is 0 Å². The van der Waals surface area contributed by atoms with Gasteiger partial charge in [-0.3, -0.25) is 0 Å². The van der Waals surface area contributed by atoms with Gasteiger partial charge < -0.3 is 9.84 Å². The Morgan fingerprint density at radius 1 is 0.786 bits per heavy atom. The lowest BCUT2D eigenvalue weighted by Crippen LogP contribution is -2.22. The molecule has 3 rings (SSSR count). The Morgan fingerprint density at radius 2 is 1.32 bits per heavy atom. The fourth-order valence-electron chi connectivity index (χ4n) is 3.41. The summed E-state index contributed by atoms with van der Waals surface area (Å²) in [7, 11) is 0. The minimum Gasteiger partial charge on any atom is -0.385 e. The molecule has 0 heterocycles. The second kappa shape index (κ2) is 10.6. The van der Waals surface area contributed by atoms with Crippen LogP contribution in [0.15, 0.2) is 104 Å². The number of benzene rings is 3. The molecule has 1 unspecified atom stereocenters. The maximum Gasteiger partial charge on any atom is 0.113 e. The molecule has 3 aromatic rings. The quantitative estimate of drug-likeness (QED) is 0.439. The zero-order chi connectivity index (χ0) is 19.6. The van der Waals surface area contributed by atoms with Crippen molar-refractivity contribution in [1.82, 2.24) is 0 Å². The van der Waals surface area contributed by atoms with Crippen molar-refractivity contribution in [3.8, 4) is 0 Å². The highest BCUT2D eigenvalue weighted by molar-refractivity contribution is 5.25. The molecular weight excluding hydrogens is 344 g/mol. The topological polar surface area (TPSA) is 29.5 Å². The predicted molar refractivity (Wildman–Crippen MR) is 115 cm³/mol. The number of rotatable bonds is 10. The van der Waals surface area contributed by atoms with Gasteiger partial charge >= 0.3 is 0 Å². The highest BCUT2D eigenvalue weighted by Gasteiger charge is 2.26. The molecule has 28 heavy (non-hydrogen) atoms. The zero-order valence-corrected chi connectivity index (χ0v) is 16.2.